The number of hydrogen-bond acceptors (Lipinski definition) is 5. The minimum absolute atomic E-state index is 0.00824. The summed E-state index contributed by atoms with van der Waals surface area (Å²) < 4.78 is 39.8. The third-order valence-corrected chi connectivity index (χ3v) is 6.37. The molecule has 9 heteroatoms. The van der Waals surface area contributed by atoms with Crippen molar-refractivity contribution in [1.29, 1.82) is 0 Å². The molecule has 1 aromatic carbocycles. The molecular formula is C17H16FNO5S2. The first kappa shape index (κ1) is 18.7. The number of carbonyl (C=O) groups excluding carboxylic acids is 1. The molecule has 1 aliphatic heterocycles. The summed E-state index contributed by atoms with van der Waals surface area (Å²) in [6.45, 7) is 1.78. The molecule has 26 heavy (non-hydrogen) atoms. The minimum Gasteiger partial charge on any atom is -0.481 e. The number of hydrogen-bond donors (Lipinski definition) is 1. The number of carboxylic acid groups (broad SMARTS) is 1. The Kier molecular flexibility index (Phi) is 4.70. The van der Waals surface area contributed by atoms with E-state index in [1.165, 1.54) is 16.3 Å². The van der Waals surface area contributed by atoms with E-state index in [-0.39, 0.29) is 34.5 Å². The summed E-state index contributed by atoms with van der Waals surface area (Å²) in [5, 5.41) is 11.1. The van der Waals surface area contributed by atoms with Gasteiger partial charge in [-0.3, -0.25) is 14.2 Å². The Labute approximate surface area is 153 Å². The summed E-state index contributed by atoms with van der Waals surface area (Å²) in [7, 11) is -3.76. The van der Waals surface area contributed by atoms with Crippen LogP contribution in [-0.4, -0.2) is 36.2 Å². The highest BCUT2D eigenvalue weighted by molar-refractivity contribution is 8.02. The van der Waals surface area contributed by atoms with Gasteiger partial charge in [-0.2, -0.15) is 0 Å². The molecular weight excluding hydrogens is 381 g/mol. The highest BCUT2D eigenvalue weighted by Crippen LogP contribution is 2.47. The van der Waals surface area contributed by atoms with Gasteiger partial charge < -0.3 is 5.11 Å². The average molecular weight is 397 g/mol. The van der Waals surface area contributed by atoms with Crippen molar-refractivity contribution in [1.82, 2.24) is 4.57 Å². The summed E-state index contributed by atoms with van der Waals surface area (Å²) in [4.78, 5) is 24.0. The Morgan fingerprint density at radius 3 is 2.73 bits per heavy atom. The third-order valence-electron chi connectivity index (χ3n) is 4.19. The zero-order chi connectivity index (χ0) is 19.2. The highest BCUT2D eigenvalue weighted by Gasteiger charge is 2.37. The maximum atomic E-state index is 14.1. The van der Waals surface area contributed by atoms with Crippen LogP contribution in [0.25, 0.3) is 10.9 Å². The molecule has 1 atom stereocenters. The molecule has 6 nitrogen and oxygen atoms in total. The van der Waals surface area contributed by atoms with Crippen LogP contribution in [0.4, 0.5) is 4.39 Å². The summed E-state index contributed by atoms with van der Waals surface area (Å²) in [5.41, 5.74) is 0.594. The van der Waals surface area contributed by atoms with E-state index < -0.39 is 27.5 Å². The number of halogens is 1. The van der Waals surface area contributed by atoms with Gasteiger partial charge in [0.15, 0.2) is 9.84 Å². The van der Waals surface area contributed by atoms with Crippen LogP contribution in [0.2, 0.25) is 0 Å². The molecule has 1 unspecified atom stereocenters. The molecule has 2 aromatic rings. The fourth-order valence-corrected chi connectivity index (χ4v) is 5.25. The number of allylic oxidation sites excluding steroid dienone is 1. The van der Waals surface area contributed by atoms with E-state index in [4.69, 9.17) is 5.11 Å². The van der Waals surface area contributed by atoms with Crippen LogP contribution in [0.3, 0.4) is 0 Å². The molecule has 138 valence electrons. The van der Waals surface area contributed by atoms with E-state index in [1.807, 2.05) is 0 Å². The van der Waals surface area contributed by atoms with E-state index in [1.54, 1.807) is 18.4 Å². The van der Waals surface area contributed by atoms with Crippen LogP contribution in [0, 0.1) is 5.82 Å². The minimum atomic E-state index is -3.76. The van der Waals surface area contributed by atoms with Gasteiger partial charge in [-0.15, -0.1) is 0 Å². The number of carbonyl (C=O) groups is 2. The molecule has 0 radical (unpaired) electrons. The number of fused-ring (bicyclic) bond motifs is 3. The molecule has 1 N–H and O–H groups in total. The van der Waals surface area contributed by atoms with Crippen molar-refractivity contribution >= 4 is 44.4 Å². The van der Waals surface area contributed by atoms with Gasteiger partial charge in [0.1, 0.15) is 5.82 Å². The van der Waals surface area contributed by atoms with Gasteiger partial charge in [-0.25, -0.2) is 12.8 Å². The quantitative estimate of drug-likeness (QED) is 0.777. The van der Waals surface area contributed by atoms with E-state index in [2.05, 4.69) is 0 Å². The van der Waals surface area contributed by atoms with Crippen molar-refractivity contribution in [3.63, 3.8) is 0 Å². The van der Waals surface area contributed by atoms with Crippen LogP contribution in [0.15, 0.2) is 33.4 Å². The van der Waals surface area contributed by atoms with E-state index in [0.29, 0.717) is 10.6 Å². The largest absolute Gasteiger partial charge is 0.481 e. The van der Waals surface area contributed by atoms with Gasteiger partial charge in [0.25, 0.3) is 0 Å². The fraction of sp³-hybridized carbons (Fsp3) is 0.294. The first-order chi connectivity index (χ1) is 12.1. The lowest BCUT2D eigenvalue weighted by Gasteiger charge is -2.09. The van der Waals surface area contributed by atoms with Crippen molar-refractivity contribution in [2.75, 3.05) is 6.26 Å². The highest BCUT2D eigenvalue weighted by atomic mass is 32.2. The molecule has 0 saturated heterocycles. The van der Waals surface area contributed by atoms with Crippen LogP contribution < -0.4 is 0 Å². The van der Waals surface area contributed by atoms with Crippen LogP contribution in [0.5, 0.6) is 0 Å². The number of rotatable bonds is 5. The molecule has 0 amide bonds. The monoisotopic (exact) mass is 397 g/mol. The lowest BCUT2D eigenvalue weighted by atomic mass is 10.00. The Bertz CT molecular complexity index is 1070. The second-order valence-electron chi connectivity index (χ2n) is 6.10. The lowest BCUT2D eigenvalue weighted by molar-refractivity contribution is -0.137. The van der Waals surface area contributed by atoms with E-state index in [9.17, 15) is 22.4 Å². The summed E-state index contributed by atoms with van der Waals surface area (Å²) in [5.74, 6) is -2.78. The molecule has 1 aliphatic rings. The predicted octanol–water partition coefficient (Wildman–Crippen LogP) is 3.41. The fourth-order valence-electron chi connectivity index (χ4n) is 3.29. The first-order valence-corrected chi connectivity index (χ1v) is 10.5. The van der Waals surface area contributed by atoms with Crippen molar-refractivity contribution < 1.29 is 27.5 Å². The van der Waals surface area contributed by atoms with Crippen LogP contribution in [0.1, 0.15) is 36.2 Å². The molecule has 2 heterocycles. The molecule has 1 aromatic heterocycles. The van der Waals surface area contributed by atoms with Gasteiger partial charge in [-0.05, 0) is 24.5 Å². The maximum Gasteiger partial charge on any atom is 0.304 e. The van der Waals surface area contributed by atoms with Gasteiger partial charge in [0.2, 0.25) is 5.91 Å². The van der Waals surface area contributed by atoms with Crippen LogP contribution >= 0.6 is 11.8 Å². The maximum absolute atomic E-state index is 14.1. The molecule has 0 fully saturated rings. The van der Waals surface area contributed by atoms with Crippen LogP contribution in [-0.2, 0) is 14.6 Å². The van der Waals surface area contributed by atoms with E-state index in [0.717, 1.165) is 18.4 Å². The number of aliphatic carboxylic acids is 1. The zero-order valence-electron chi connectivity index (χ0n) is 14.0. The first-order valence-electron chi connectivity index (χ1n) is 7.75. The second-order valence-corrected chi connectivity index (χ2v) is 9.00. The second kappa shape index (κ2) is 6.55. The Balaban J connectivity index is 2.45. The SMILES string of the molecule is C/C=C/Sc1c2n(c3cc(F)cc(S(C)(=O)=O)c13)C(=O)CC2CC(=O)O. The molecule has 0 spiro atoms. The summed E-state index contributed by atoms with van der Waals surface area (Å²) in [6, 6.07) is 2.05. The van der Waals surface area contributed by atoms with Gasteiger partial charge in [0.05, 0.1) is 16.8 Å². The summed E-state index contributed by atoms with van der Waals surface area (Å²) >= 11 is 1.20. The van der Waals surface area contributed by atoms with Crippen molar-refractivity contribution in [3.8, 4) is 0 Å². The Morgan fingerprint density at radius 2 is 2.15 bits per heavy atom. The van der Waals surface area contributed by atoms with Crippen molar-refractivity contribution in [2.45, 2.75) is 35.5 Å². The standard InChI is InChI=1S/C17H16FNO5S2/c1-3-4-25-17-15-11(7-10(18)8-12(15)26(2,23)24)19-13(20)5-9(16(17)19)6-14(21)22/h3-4,7-9H,5-6H2,1-2H3,(H,21,22)/b4-3+. The zero-order valence-corrected chi connectivity index (χ0v) is 15.7. The molecule has 3 rings (SSSR count). The number of thioether (sulfide) groups is 1. The predicted molar refractivity (Wildman–Crippen MR) is 95.9 cm³/mol. The molecule has 0 bridgehead atoms. The summed E-state index contributed by atoms with van der Waals surface area (Å²) in [6.07, 6.45) is 2.45. The molecule has 0 aliphatic carbocycles. The van der Waals surface area contributed by atoms with E-state index >= 15 is 0 Å². The van der Waals surface area contributed by atoms with Gasteiger partial charge >= 0.3 is 5.97 Å². The normalized spacial score (nSPS) is 17.3. The number of nitrogens with zero attached hydrogens (tertiary/aromatic N) is 1. The average Bonchev–Trinajstić information content (AvgIpc) is 2.99. The Morgan fingerprint density at radius 1 is 1.46 bits per heavy atom. The number of benzene rings is 1. The molecule has 0 saturated carbocycles. The topological polar surface area (TPSA) is 93.4 Å². The smallest absolute Gasteiger partial charge is 0.304 e. The number of aromatic nitrogens is 1. The van der Waals surface area contributed by atoms with Gasteiger partial charge in [-0.1, -0.05) is 17.8 Å². The number of carboxylic acids is 1. The van der Waals surface area contributed by atoms with Crippen molar-refractivity contribution in [3.05, 3.63) is 35.1 Å². The van der Waals surface area contributed by atoms with Gasteiger partial charge in [0, 0.05) is 34.6 Å². The Hall–Kier alpha value is -2.13. The lowest BCUT2D eigenvalue weighted by Crippen LogP contribution is -2.05. The van der Waals surface area contributed by atoms with Crippen molar-refractivity contribution in [2.24, 2.45) is 0 Å². The number of sulfone groups is 1. The third kappa shape index (κ3) is 3.05.